The molecular formula is C14H14O3. The summed E-state index contributed by atoms with van der Waals surface area (Å²) in [6.45, 7) is 2.00. The van der Waals surface area contributed by atoms with E-state index >= 15 is 0 Å². The van der Waals surface area contributed by atoms with Crippen LogP contribution in [0, 0.1) is 6.92 Å². The molecule has 0 bridgehead atoms. The molecule has 0 aliphatic heterocycles. The maximum atomic E-state index is 10.9. The second-order valence-electron chi connectivity index (χ2n) is 3.90. The summed E-state index contributed by atoms with van der Waals surface area (Å²) < 4.78 is 10.6. The predicted molar refractivity (Wildman–Crippen MR) is 67.2 cm³/mol. The Morgan fingerprint density at radius 3 is 2.12 bits per heavy atom. The van der Waals surface area contributed by atoms with Crippen LogP contribution in [0.25, 0.3) is 10.8 Å². The van der Waals surface area contributed by atoms with Gasteiger partial charge in [0.2, 0.25) is 0 Å². The van der Waals surface area contributed by atoms with Gasteiger partial charge in [-0.05, 0) is 36.8 Å². The summed E-state index contributed by atoms with van der Waals surface area (Å²) in [7, 11) is 3.21. The van der Waals surface area contributed by atoms with Gasteiger partial charge in [0.1, 0.15) is 17.8 Å². The summed E-state index contributed by atoms with van der Waals surface area (Å²) in [5, 5.41) is 1.84. The first-order chi connectivity index (χ1) is 8.19. The molecule has 0 saturated heterocycles. The Morgan fingerprint density at radius 1 is 0.941 bits per heavy atom. The third kappa shape index (κ3) is 1.96. The van der Waals surface area contributed by atoms with Gasteiger partial charge in [-0.1, -0.05) is 0 Å². The van der Waals surface area contributed by atoms with Crippen LogP contribution in [-0.4, -0.2) is 20.5 Å². The predicted octanol–water partition coefficient (Wildman–Crippen LogP) is 2.98. The van der Waals surface area contributed by atoms with E-state index in [1.54, 1.807) is 20.3 Å². The number of benzene rings is 2. The quantitative estimate of drug-likeness (QED) is 0.760. The molecule has 3 nitrogen and oxygen atoms in total. The van der Waals surface area contributed by atoms with E-state index in [4.69, 9.17) is 9.47 Å². The maximum Gasteiger partial charge on any atom is 0.150 e. The molecular weight excluding hydrogens is 216 g/mol. The van der Waals surface area contributed by atoms with E-state index in [1.165, 1.54) is 0 Å². The third-order valence-corrected chi connectivity index (χ3v) is 2.74. The van der Waals surface area contributed by atoms with Crippen molar-refractivity contribution in [2.24, 2.45) is 0 Å². The van der Waals surface area contributed by atoms with Crippen molar-refractivity contribution in [3.8, 4) is 11.5 Å². The van der Waals surface area contributed by atoms with E-state index in [0.29, 0.717) is 11.3 Å². The van der Waals surface area contributed by atoms with E-state index < -0.39 is 0 Å². The molecule has 0 radical (unpaired) electrons. The second kappa shape index (κ2) is 4.45. The van der Waals surface area contributed by atoms with Crippen LogP contribution < -0.4 is 9.47 Å². The number of hydrogen-bond donors (Lipinski definition) is 0. The number of ether oxygens (including phenoxy) is 2. The van der Waals surface area contributed by atoms with Crippen molar-refractivity contribution < 1.29 is 14.3 Å². The summed E-state index contributed by atoms with van der Waals surface area (Å²) in [6, 6.07) is 7.50. The van der Waals surface area contributed by atoms with Gasteiger partial charge in [-0.25, -0.2) is 0 Å². The molecule has 0 aromatic heterocycles. The molecule has 2 aromatic carbocycles. The normalized spacial score (nSPS) is 10.3. The smallest absolute Gasteiger partial charge is 0.150 e. The summed E-state index contributed by atoms with van der Waals surface area (Å²) >= 11 is 0. The number of rotatable bonds is 3. The zero-order chi connectivity index (χ0) is 12.4. The first kappa shape index (κ1) is 11.5. The minimum absolute atomic E-state index is 0.580. The Labute approximate surface area is 100.0 Å². The Bertz CT molecular complexity index is 573. The van der Waals surface area contributed by atoms with Crippen molar-refractivity contribution in [1.82, 2.24) is 0 Å². The minimum atomic E-state index is 0.580. The molecule has 3 heteroatoms. The Balaban J connectivity index is 2.87. The zero-order valence-corrected chi connectivity index (χ0v) is 10.1. The van der Waals surface area contributed by atoms with E-state index in [9.17, 15) is 4.79 Å². The Kier molecular flexibility index (Phi) is 3.00. The fourth-order valence-electron chi connectivity index (χ4n) is 1.96. The van der Waals surface area contributed by atoms with Gasteiger partial charge in [0.25, 0.3) is 0 Å². The highest BCUT2D eigenvalue weighted by molar-refractivity contribution is 5.97. The largest absolute Gasteiger partial charge is 0.496 e. The van der Waals surface area contributed by atoms with E-state index in [-0.39, 0.29) is 0 Å². The van der Waals surface area contributed by atoms with Gasteiger partial charge in [-0.2, -0.15) is 0 Å². The van der Waals surface area contributed by atoms with Crippen molar-refractivity contribution in [2.75, 3.05) is 14.2 Å². The maximum absolute atomic E-state index is 10.9. The SMILES string of the molecule is COc1cc(C=O)cc2c(OC)cc(C)cc12. The van der Waals surface area contributed by atoms with E-state index in [1.807, 2.05) is 25.1 Å². The fraction of sp³-hybridized carbons (Fsp3) is 0.214. The van der Waals surface area contributed by atoms with Crippen LogP contribution >= 0.6 is 0 Å². The lowest BCUT2D eigenvalue weighted by atomic mass is 10.0. The van der Waals surface area contributed by atoms with Gasteiger partial charge in [0.15, 0.2) is 0 Å². The Hall–Kier alpha value is -2.03. The van der Waals surface area contributed by atoms with Gasteiger partial charge < -0.3 is 9.47 Å². The highest BCUT2D eigenvalue weighted by atomic mass is 16.5. The average Bonchev–Trinajstić information content (AvgIpc) is 2.36. The van der Waals surface area contributed by atoms with Gasteiger partial charge >= 0.3 is 0 Å². The van der Waals surface area contributed by atoms with E-state index in [0.717, 1.165) is 28.4 Å². The molecule has 0 unspecified atom stereocenters. The van der Waals surface area contributed by atoms with Crippen LogP contribution in [0.1, 0.15) is 15.9 Å². The number of carbonyl (C=O) groups excluding carboxylic acids is 1. The van der Waals surface area contributed by atoms with Crippen LogP contribution in [0.4, 0.5) is 0 Å². The van der Waals surface area contributed by atoms with Gasteiger partial charge in [-0.15, -0.1) is 0 Å². The van der Waals surface area contributed by atoms with Gasteiger partial charge in [0, 0.05) is 16.3 Å². The van der Waals surface area contributed by atoms with Crippen LogP contribution in [0.3, 0.4) is 0 Å². The lowest BCUT2D eigenvalue weighted by molar-refractivity contribution is 0.112. The Morgan fingerprint density at radius 2 is 1.53 bits per heavy atom. The monoisotopic (exact) mass is 230 g/mol. The molecule has 2 aromatic rings. The van der Waals surface area contributed by atoms with Gasteiger partial charge in [-0.3, -0.25) is 4.79 Å². The average molecular weight is 230 g/mol. The molecule has 0 heterocycles. The second-order valence-corrected chi connectivity index (χ2v) is 3.90. The van der Waals surface area contributed by atoms with Crippen molar-refractivity contribution in [2.45, 2.75) is 6.92 Å². The molecule has 88 valence electrons. The molecule has 2 rings (SSSR count). The number of fused-ring (bicyclic) bond motifs is 1. The molecule has 17 heavy (non-hydrogen) atoms. The molecule has 0 atom stereocenters. The molecule has 0 aliphatic carbocycles. The highest BCUT2D eigenvalue weighted by Crippen LogP contribution is 2.34. The van der Waals surface area contributed by atoms with Crippen LogP contribution in [-0.2, 0) is 0 Å². The van der Waals surface area contributed by atoms with Crippen LogP contribution in [0.5, 0.6) is 11.5 Å². The summed E-state index contributed by atoms with van der Waals surface area (Å²) in [5.41, 5.74) is 1.67. The highest BCUT2D eigenvalue weighted by Gasteiger charge is 2.09. The van der Waals surface area contributed by atoms with Crippen LogP contribution in [0.2, 0.25) is 0 Å². The topological polar surface area (TPSA) is 35.5 Å². The third-order valence-electron chi connectivity index (χ3n) is 2.74. The van der Waals surface area contributed by atoms with Crippen molar-refractivity contribution in [3.63, 3.8) is 0 Å². The van der Waals surface area contributed by atoms with Crippen molar-refractivity contribution in [3.05, 3.63) is 35.4 Å². The molecule has 0 amide bonds. The summed E-state index contributed by atoms with van der Waals surface area (Å²) in [5.74, 6) is 1.44. The minimum Gasteiger partial charge on any atom is -0.496 e. The molecule has 0 fully saturated rings. The molecule has 0 spiro atoms. The van der Waals surface area contributed by atoms with Crippen molar-refractivity contribution >= 4 is 17.1 Å². The lowest BCUT2D eigenvalue weighted by Gasteiger charge is -2.11. The first-order valence-electron chi connectivity index (χ1n) is 5.31. The summed E-state index contributed by atoms with van der Waals surface area (Å²) in [6.07, 6.45) is 0.807. The number of methoxy groups -OCH3 is 2. The standard InChI is InChI=1S/C14H14O3/c1-9-4-11-12(13(5-9)16-2)6-10(8-15)7-14(11)17-3/h4-8H,1-3H3. The fourth-order valence-corrected chi connectivity index (χ4v) is 1.96. The number of aryl methyl sites for hydroxylation is 1. The zero-order valence-electron chi connectivity index (χ0n) is 10.1. The first-order valence-corrected chi connectivity index (χ1v) is 5.31. The molecule has 0 saturated carbocycles. The molecule has 0 aliphatic rings. The molecule has 0 N–H and O–H groups in total. The van der Waals surface area contributed by atoms with Crippen LogP contribution in [0.15, 0.2) is 24.3 Å². The number of aldehydes is 1. The number of carbonyl (C=O) groups is 1. The van der Waals surface area contributed by atoms with E-state index in [2.05, 4.69) is 0 Å². The number of hydrogen-bond acceptors (Lipinski definition) is 3. The summed E-state index contributed by atoms with van der Waals surface area (Å²) in [4.78, 5) is 10.9. The lowest BCUT2D eigenvalue weighted by Crippen LogP contribution is -1.92. The van der Waals surface area contributed by atoms with Crippen molar-refractivity contribution in [1.29, 1.82) is 0 Å². The van der Waals surface area contributed by atoms with Gasteiger partial charge in [0.05, 0.1) is 14.2 Å².